The number of halogens is 1. The molecule has 0 fully saturated rings. The standard InChI is InChI=1S/C22H17ClN4O/c1-15-6-5-13-27-21(15)26-20(25-18-7-3-2-4-8-18)19(22(27)28)14-24-17-11-9-16(23)10-12-17/h2-14,25H,1H3. The van der Waals surface area contributed by atoms with Gasteiger partial charge in [0.15, 0.2) is 0 Å². The Bertz CT molecular complexity index is 1220. The summed E-state index contributed by atoms with van der Waals surface area (Å²) >= 11 is 5.92. The summed E-state index contributed by atoms with van der Waals surface area (Å²) in [5.41, 5.74) is 3.25. The van der Waals surface area contributed by atoms with Crippen LogP contribution in [0.15, 0.2) is 82.7 Å². The number of pyridine rings is 1. The lowest BCUT2D eigenvalue weighted by molar-refractivity contribution is 1.03. The highest BCUT2D eigenvalue weighted by molar-refractivity contribution is 6.30. The highest BCUT2D eigenvalue weighted by atomic mass is 35.5. The van der Waals surface area contributed by atoms with Crippen molar-refractivity contribution in [1.82, 2.24) is 9.38 Å². The van der Waals surface area contributed by atoms with Crippen molar-refractivity contribution in [2.75, 3.05) is 5.32 Å². The van der Waals surface area contributed by atoms with Gasteiger partial charge in [-0.05, 0) is 55.0 Å². The van der Waals surface area contributed by atoms with Crippen LogP contribution >= 0.6 is 11.6 Å². The lowest BCUT2D eigenvalue weighted by Crippen LogP contribution is -2.22. The average molecular weight is 389 g/mol. The average Bonchev–Trinajstić information content (AvgIpc) is 2.71. The second-order valence-corrected chi connectivity index (χ2v) is 6.73. The molecular weight excluding hydrogens is 372 g/mol. The smallest absolute Gasteiger partial charge is 0.268 e. The third-order valence-corrected chi connectivity index (χ3v) is 4.54. The molecular formula is C22H17ClN4O. The van der Waals surface area contributed by atoms with E-state index >= 15 is 0 Å². The molecule has 0 spiro atoms. The summed E-state index contributed by atoms with van der Waals surface area (Å²) < 4.78 is 1.54. The Morgan fingerprint density at radius 3 is 2.54 bits per heavy atom. The van der Waals surface area contributed by atoms with E-state index in [1.807, 2.05) is 49.4 Å². The van der Waals surface area contributed by atoms with E-state index in [1.54, 1.807) is 36.7 Å². The van der Waals surface area contributed by atoms with Crippen molar-refractivity contribution in [3.63, 3.8) is 0 Å². The summed E-state index contributed by atoms with van der Waals surface area (Å²) in [7, 11) is 0. The Hall–Kier alpha value is -3.44. The van der Waals surface area contributed by atoms with E-state index in [9.17, 15) is 4.79 Å². The van der Waals surface area contributed by atoms with Gasteiger partial charge in [0.25, 0.3) is 5.56 Å². The number of aromatic nitrogens is 2. The SMILES string of the molecule is Cc1cccn2c(=O)c(C=Nc3ccc(Cl)cc3)c(Nc3ccccc3)nc12. The fourth-order valence-corrected chi connectivity index (χ4v) is 2.97. The summed E-state index contributed by atoms with van der Waals surface area (Å²) in [4.78, 5) is 22.3. The predicted octanol–water partition coefficient (Wildman–Crippen LogP) is 5.15. The van der Waals surface area contributed by atoms with Crippen LogP contribution in [-0.2, 0) is 0 Å². The summed E-state index contributed by atoms with van der Waals surface area (Å²) in [6.07, 6.45) is 3.25. The minimum Gasteiger partial charge on any atom is -0.339 e. The zero-order chi connectivity index (χ0) is 19.5. The number of hydrogen-bond donors (Lipinski definition) is 1. The molecule has 6 heteroatoms. The van der Waals surface area contributed by atoms with Gasteiger partial charge in [-0.3, -0.25) is 14.2 Å². The molecule has 0 amide bonds. The molecule has 2 heterocycles. The highest BCUT2D eigenvalue weighted by Gasteiger charge is 2.13. The number of anilines is 2. The van der Waals surface area contributed by atoms with Gasteiger partial charge in [-0.25, -0.2) is 4.98 Å². The summed E-state index contributed by atoms with van der Waals surface area (Å²) in [5.74, 6) is 0.461. The lowest BCUT2D eigenvalue weighted by atomic mass is 10.2. The predicted molar refractivity (Wildman–Crippen MR) is 115 cm³/mol. The van der Waals surface area contributed by atoms with E-state index in [0.29, 0.717) is 27.7 Å². The topological polar surface area (TPSA) is 58.8 Å². The van der Waals surface area contributed by atoms with Crippen molar-refractivity contribution in [3.8, 4) is 0 Å². The Balaban J connectivity index is 1.86. The quantitative estimate of drug-likeness (QED) is 0.492. The van der Waals surface area contributed by atoms with E-state index in [1.165, 1.54) is 4.40 Å². The van der Waals surface area contributed by atoms with E-state index in [-0.39, 0.29) is 5.56 Å². The van der Waals surface area contributed by atoms with Gasteiger partial charge >= 0.3 is 0 Å². The van der Waals surface area contributed by atoms with Crippen molar-refractivity contribution < 1.29 is 0 Å². The number of aliphatic imine (C=N–C) groups is 1. The second kappa shape index (κ2) is 7.66. The molecule has 0 atom stereocenters. The van der Waals surface area contributed by atoms with E-state index in [4.69, 9.17) is 16.6 Å². The first-order valence-corrected chi connectivity index (χ1v) is 9.13. The van der Waals surface area contributed by atoms with E-state index in [2.05, 4.69) is 10.3 Å². The van der Waals surface area contributed by atoms with Crippen LogP contribution < -0.4 is 10.9 Å². The third kappa shape index (κ3) is 3.66. The maximum atomic E-state index is 13.1. The summed E-state index contributed by atoms with van der Waals surface area (Å²) in [6.45, 7) is 1.93. The second-order valence-electron chi connectivity index (χ2n) is 6.29. The van der Waals surface area contributed by atoms with E-state index in [0.717, 1.165) is 11.3 Å². The van der Waals surface area contributed by atoms with Crippen molar-refractivity contribution >= 4 is 40.7 Å². The van der Waals surface area contributed by atoms with Gasteiger partial charge in [0.2, 0.25) is 0 Å². The molecule has 1 N–H and O–H groups in total. The monoisotopic (exact) mass is 388 g/mol. The molecule has 0 unspecified atom stereocenters. The number of nitrogens with one attached hydrogen (secondary N) is 1. The molecule has 2 aromatic heterocycles. The molecule has 28 heavy (non-hydrogen) atoms. The van der Waals surface area contributed by atoms with Crippen LogP contribution in [0.2, 0.25) is 5.02 Å². The molecule has 4 rings (SSSR count). The number of benzene rings is 2. The molecule has 5 nitrogen and oxygen atoms in total. The Morgan fingerprint density at radius 2 is 1.79 bits per heavy atom. The van der Waals surface area contributed by atoms with Crippen molar-refractivity contribution in [2.45, 2.75) is 6.92 Å². The van der Waals surface area contributed by atoms with Gasteiger partial charge in [0.1, 0.15) is 17.0 Å². The molecule has 0 aliphatic heterocycles. The van der Waals surface area contributed by atoms with Crippen LogP contribution in [0.1, 0.15) is 11.1 Å². The van der Waals surface area contributed by atoms with Gasteiger partial charge in [-0.2, -0.15) is 0 Å². The van der Waals surface area contributed by atoms with Gasteiger partial charge in [0, 0.05) is 23.1 Å². The molecule has 0 bridgehead atoms. The van der Waals surface area contributed by atoms with Crippen LogP contribution in [0.5, 0.6) is 0 Å². The summed E-state index contributed by atoms with van der Waals surface area (Å²) in [6, 6.07) is 20.5. The van der Waals surface area contributed by atoms with Gasteiger partial charge in [-0.15, -0.1) is 0 Å². The number of fused-ring (bicyclic) bond motifs is 1. The first-order chi connectivity index (χ1) is 13.6. The molecule has 0 saturated heterocycles. The zero-order valence-electron chi connectivity index (χ0n) is 15.1. The van der Waals surface area contributed by atoms with Gasteiger partial charge < -0.3 is 5.32 Å². The van der Waals surface area contributed by atoms with Crippen LogP contribution in [-0.4, -0.2) is 15.6 Å². The number of aryl methyl sites for hydroxylation is 1. The maximum Gasteiger partial charge on any atom is 0.268 e. The van der Waals surface area contributed by atoms with Crippen LogP contribution in [0.3, 0.4) is 0 Å². The molecule has 0 aliphatic rings. The van der Waals surface area contributed by atoms with Crippen molar-refractivity contribution in [1.29, 1.82) is 0 Å². The largest absolute Gasteiger partial charge is 0.339 e. The maximum absolute atomic E-state index is 13.1. The fourth-order valence-electron chi connectivity index (χ4n) is 2.85. The molecule has 0 radical (unpaired) electrons. The molecule has 0 saturated carbocycles. The number of rotatable bonds is 4. The first kappa shape index (κ1) is 17.9. The lowest BCUT2D eigenvalue weighted by Gasteiger charge is -2.11. The summed E-state index contributed by atoms with van der Waals surface area (Å²) in [5, 5.41) is 3.87. The molecule has 0 aliphatic carbocycles. The molecule has 2 aromatic carbocycles. The zero-order valence-corrected chi connectivity index (χ0v) is 15.9. The minimum atomic E-state index is -0.190. The number of para-hydroxylation sites is 1. The number of nitrogens with zero attached hydrogens (tertiary/aromatic N) is 3. The van der Waals surface area contributed by atoms with Crippen LogP contribution in [0.25, 0.3) is 5.65 Å². The van der Waals surface area contributed by atoms with E-state index < -0.39 is 0 Å². The fraction of sp³-hybridized carbons (Fsp3) is 0.0455. The Kier molecular flexibility index (Phi) is 4.91. The van der Waals surface area contributed by atoms with Crippen LogP contribution in [0, 0.1) is 6.92 Å². The highest BCUT2D eigenvalue weighted by Crippen LogP contribution is 2.20. The van der Waals surface area contributed by atoms with Crippen LogP contribution in [0.4, 0.5) is 17.2 Å². The van der Waals surface area contributed by atoms with Gasteiger partial charge in [0.05, 0.1) is 5.69 Å². The first-order valence-electron chi connectivity index (χ1n) is 8.75. The number of hydrogen-bond acceptors (Lipinski definition) is 4. The Morgan fingerprint density at radius 1 is 1.04 bits per heavy atom. The van der Waals surface area contributed by atoms with Crippen molar-refractivity contribution in [2.24, 2.45) is 4.99 Å². The van der Waals surface area contributed by atoms with Gasteiger partial charge in [-0.1, -0.05) is 35.9 Å². The van der Waals surface area contributed by atoms with Crippen molar-refractivity contribution in [3.05, 3.63) is 99.4 Å². The Labute approximate surface area is 167 Å². The molecule has 138 valence electrons. The third-order valence-electron chi connectivity index (χ3n) is 4.29. The minimum absolute atomic E-state index is 0.190. The normalized spacial score (nSPS) is 11.2. The molecule has 4 aromatic rings.